The minimum Gasteiger partial charge on any atom is -0.299 e. The van der Waals surface area contributed by atoms with E-state index in [2.05, 4.69) is 43.7 Å². The lowest BCUT2D eigenvalue weighted by atomic mass is 10.2. The van der Waals surface area contributed by atoms with Crippen LogP contribution >= 0.6 is 31.9 Å². The van der Waals surface area contributed by atoms with Crippen molar-refractivity contribution in [1.29, 1.82) is 0 Å². The maximum absolute atomic E-state index is 13.2. The minimum absolute atomic E-state index is 0.201. The molecular weight excluding hydrogens is 325 g/mol. The zero-order valence-electron chi connectivity index (χ0n) is 8.80. The van der Waals surface area contributed by atoms with Gasteiger partial charge in [-0.2, -0.15) is 0 Å². The van der Waals surface area contributed by atoms with Crippen LogP contribution in [0.15, 0.2) is 22.7 Å². The number of alkyl halides is 1. The van der Waals surface area contributed by atoms with Crippen molar-refractivity contribution in [3.63, 3.8) is 0 Å². The predicted molar refractivity (Wildman–Crippen MR) is 68.8 cm³/mol. The third-order valence-corrected chi connectivity index (χ3v) is 4.25. The summed E-state index contributed by atoms with van der Waals surface area (Å²) < 4.78 is 13.8. The number of hydrogen-bond donors (Lipinski definition) is 0. The summed E-state index contributed by atoms with van der Waals surface area (Å²) in [6.07, 6.45) is 0. The van der Waals surface area contributed by atoms with Crippen LogP contribution in [0.3, 0.4) is 0 Å². The molecule has 0 amide bonds. The van der Waals surface area contributed by atoms with E-state index >= 15 is 0 Å². The van der Waals surface area contributed by atoms with Crippen molar-refractivity contribution in [3.8, 4) is 0 Å². The highest BCUT2D eigenvalue weighted by atomic mass is 79.9. The number of hydrogen-bond acceptors (Lipinski definition) is 1. The first-order valence-electron chi connectivity index (χ1n) is 4.75. The van der Waals surface area contributed by atoms with Gasteiger partial charge >= 0.3 is 0 Å². The number of nitrogens with zero attached hydrogens (tertiary/aromatic N) is 1. The summed E-state index contributed by atoms with van der Waals surface area (Å²) in [5.74, 6) is -0.201. The average Bonchev–Trinajstić information content (AvgIpc) is 2.23. The maximum atomic E-state index is 13.2. The molecule has 84 valence electrons. The fourth-order valence-electron chi connectivity index (χ4n) is 1.21. The van der Waals surface area contributed by atoms with E-state index in [1.54, 1.807) is 6.07 Å². The van der Waals surface area contributed by atoms with Crippen LogP contribution in [-0.2, 0) is 6.54 Å². The Morgan fingerprint density at radius 3 is 2.73 bits per heavy atom. The van der Waals surface area contributed by atoms with Gasteiger partial charge in [-0.25, -0.2) is 4.39 Å². The second-order valence-electron chi connectivity index (χ2n) is 3.63. The molecule has 0 saturated carbocycles. The van der Waals surface area contributed by atoms with E-state index < -0.39 is 0 Å². The fraction of sp³-hybridized carbons (Fsp3) is 0.455. The van der Waals surface area contributed by atoms with Gasteiger partial charge in [-0.1, -0.05) is 28.1 Å². The third kappa shape index (κ3) is 3.54. The van der Waals surface area contributed by atoms with Gasteiger partial charge in [0, 0.05) is 17.9 Å². The Hall–Kier alpha value is 0.0700. The van der Waals surface area contributed by atoms with Crippen molar-refractivity contribution >= 4 is 31.9 Å². The quantitative estimate of drug-likeness (QED) is 0.755. The lowest BCUT2D eigenvalue weighted by Gasteiger charge is -2.23. The Labute approximate surface area is 107 Å². The van der Waals surface area contributed by atoms with Crippen LogP contribution in [0.25, 0.3) is 0 Å². The van der Waals surface area contributed by atoms with Gasteiger partial charge in [0.15, 0.2) is 0 Å². The normalized spacial score (nSPS) is 13.2. The van der Waals surface area contributed by atoms with Crippen LogP contribution in [-0.4, -0.2) is 23.3 Å². The Morgan fingerprint density at radius 2 is 2.13 bits per heavy atom. The zero-order valence-corrected chi connectivity index (χ0v) is 12.0. The highest BCUT2D eigenvalue weighted by Gasteiger charge is 2.11. The summed E-state index contributed by atoms with van der Waals surface area (Å²) in [7, 11) is 2.03. The summed E-state index contributed by atoms with van der Waals surface area (Å²) in [4.78, 5) is 2.17. The second kappa shape index (κ2) is 5.97. The maximum Gasteiger partial charge on any atom is 0.137 e. The van der Waals surface area contributed by atoms with Crippen molar-refractivity contribution in [2.24, 2.45) is 0 Å². The molecule has 0 aliphatic rings. The van der Waals surface area contributed by atoms with Crippen LogP contribution < -0.4 is 0 Å². The summed E-state index contributed by atoms with van der Waals surface area (Å²) >= 11 is 6.70. The van der Waals surface area contributed by atoms with E-state index in [0.29, 0.717) is 10.5 Å². The van der Waals surface area contributed by atoms with E-state index in [4.69, 9.17) is 0 Å². The molecule has 0 aromatic heterocycles. The Kier molecular flexibility index (Phi) is 5.23. The molecule has 1 nitrogen and oxygen atoms in total. The summed E-state index contributed by atoms with van der Waals surface area (Å²) in [5, 5.41) is 0.913. The molecule has 1 aromatic carbocycles. The van der Waals surface area contributed by atoms with Crippen LogP contribution in [0.2, 0.25) is 0 Å². The largest absolute Gasteiger partial charge is 0.299 e. The summed E-state index contributed by atoms with van der Waals surface area (Å²) in [5.41, 5.74) is 0.977. The van der Waals surface area contributed by atoms with Crippen molar-refractivity contribution in [1.82, 2.24) is 4.90 Å². The molecule has 0 aliphatic carbocycles. The van der Waals surface area contributed by atoms with Gasteiger partial charge in [0.1, 0.15) is 5.82 Å². The number of rotatable bonds is 4. The lowest BCUT2D eigenvalue weighted by Crippen LogP contribution is -2.29. The smallest absolute Gasteiger partial charge is 0.137 e. The fourth-order valence-corrected chi connectivity index (χ4v) is 2.10. The lowest BCUT2D eigenvalue weighted by molar-refractivity contribution is 0.270. The van der Waals surface area contributed by atoms with Gasteiger partial charge in [0.05, 0.1) is 4.47 Å². The van der Waals surface area contributed by atoms with Crippen LogP contribution in [0.4, 0.5) is 4.39 Å². The number of benzene rings is 1. The van der Waals surface area contributed by atoms with Crippen molar-refractivity contribution in [2.45, 2.75) is 19.5 Å². The van der Waals surface area contributed by atoms with Crippen molar-refractivity contribution in [3.05, 3.63) is 34.1 Å². The monoisotopic (exact) mass is 337 g/mol. The van der Waals surface area contributed by atoms with E-state index in [9.17, 15) is 4.39 Å². The van der Waals surface area contributed by atoms with Crippen LogP contribution in [0.1, 0.15) is 12.5 Å². The molecule has 0 bridgehead atoms. The van der Waals surface area contributed by atoms with E-state index in [1.165, 1.54) is 6.07 Å². The second-order valence-corrected chi connectivity index (χ2v) is 5.07. The molecule has 1 rings (SSSR count). The molecule has 0 fully saturated rings. The van der Waals surface area contributed by atoms with E-state index in [1.807, 2.05) is 13.1 Å². The average molecular weight is 339 g/mol. The van der Waals surface area contributed by atoms with Gasteiger partial charge < -0.3 is 0 Å². The molecule has 1 unspecified atom stereocenters. The molecular formula is C11H14Br2FN. The first kappa shape index (κ1) is 13.1. The SMILES string of the molecule is CC(CBr)N(C)Cc1cccc(F)c1Br. The standard InChI is InChI=1S/C11H14Br2FN/c1-8(6-12)15(2)7-9-4-3-5-10(14)11(9)13/h3-5,8H,6-7H2,1-2H3. The molecule has 4 heteroatoms. The topological polar surface area (TPSA) is 3.24 Å². The molecule has 0 saturated heterocycles. The Morgan fingerprint density at radius 1 is 1.47 bits per heavy atom. The van der Waals surface area contributed by atoms with Gasteiger partial charge in [0.2, 0.25) is 0 Å². The molecule has 0 N–H and O–H groups in total. The Bertz CT molecular complexity index is 330. The van der Waals surface area contributed by atoms with E-state index in [0.717, 1.165) is 17.4 Å². The van der Waals surface area contributed by atoms with Gasteiger partial charge in [-0.05, 0) is 41.5 Å². The third-order valence-electron chi connectivity index (χ3n) is 2.43. The zero-order chi connectivity index (χ0) is 11.4. The van der Waals surface area contributed by atoms with Gasteiger partial charge in [-0.15, -0.1) is 0 Å². The van der Waals surface area contributed by atoms with Gasteiger partial charge in [0.25, 0.3) is 0 Å². The highest BCUT2D eigenvalue weighted by Crippen LogP contribution is 2.22. The van der Waals surface area contributed by atoms with Crippen molar-refractivity contribution < 1.29 is 4.39 Å². The molecule has 1 atom stereocenters. The van der Waals surface area contributed by atoms with Crippen LogP contribution in [0, 0.1) is 5.82 Å². The molecule has 0 heterocycles. The Balaban J connectivity index is 2.76. The summed E-state index contributed by atoms with van der Waals surface area (Å²) in [6.45, 7) is 2.87. The van der Waals surface area contributed by atoms with E-state index in [-0.39, 0.29) is 5.82 Å². The molecule has 15 heavy (non-hydrogen) atoms. The first-order valence-corrected chi connectivity index (χ1v) is 6.66. The highest BCUT2D eigenvalue weighted by molar-refractivity contribution is 9.10. The minimum atomic E-state index is -0.201. The predicted octanol–water partition coefficient (Wildman–Crippen LogP) is 3.80. The first-order chi connectivity index (χ1) is 7.06. The number of halogens is 3. The molecule has 0 aliphatic heterocycles. The molecule has 0 spiro atoms. The van der Waals surface area contributed by atoms with Gasteiger partial charge in [-0.3, -0.25) is 4.90 Å². The van der Waals surface area contributed by atoms with Crippen molar-refractivity contribution in [2.75, 3.05) is 12.4 Å². The molecule has 1 aromatic rings. The summed E-state index contributed by atoms with van der Waals surface area (Å²) in [6, 6.07) is 5.56. The molecule has 0 radical (unpaired) electrons. The van der Waals surface area contributed by atoms with Crippen LogP contribution in [0.5, 0.6) is 0 Å².